The fourth-order valence-electron chi connectivity index (χ4n) is 1.96. The number of para-hydroxylation sites is 1. The summed E-state index contributed by atoms with van der Waals surface area (Å²) in [5.74, 6) is 1.01. The molecule has 0 radical (unpaired) electrons. The largest absolute Gasteiger partial charge is 0.490 e. The van der Waals surface area contributed by atoms with Crippen LogP contribution in [0.15, 0.2) is 30.3 Å². The maximum absolute atomic E-state index is 5.84. The summed E-state index contributed by atoms with van der Waals surface area (Å²) in [6.07, 6.45) is 3.56. The number of nitrogens with one attached hydrogen (secondary N) is 1. The monoisotopic (exact) mass is 217 g/mol. The molecule has 0 fully saturated rings. The van der Waals surface area contributed by atoms with Gasteiger partial charge in [-0.05, 0) is 38.5 Å². The van der Waals surface area contributed by atoms with E-state index < -0.39 is 0 Å². The van der Waals surface area contributed by atoms with Crippen molar-refractivity contribution in [3.8, 4) is 5.75 Å². The van der Waals surface area contributed by atoms with Crippen molar-refractivity contribution in [1.29, 1.82) is 0 Å². The lowest BCUT2D eigenvalue weighted by molar-refractivity contribution is 0.241. The first-order valence-electron chi connectivity index (χ1n) is 5.93. The van der Waals surface area contributed by atoms with Gasteiger partial charge in [-0.1, -0.05) is 24.3 Å². The Kier molecular flexibility index (Phi) is 3.62. The van der Waals surface area contributed by atoms with E-state index >= 15 is 0 Å². The highest BCUT2D eigenvalue weighted by atomic mass is 16.5. The van der Waals surface area contributed by atoms with Gasteiger partial charge in [-0.15, -0.1) is 0 Å². The minimum atomic E-state index is 0.225. The minimum absolute atomic E-state index is 0.225. The molecule has 2 heteroatoms. The summed E-state index contributed by atoms with van der Waals surface area (Å²) in [4.78, 5) is 0. The lowest BCUT2D eigenvalue weighted by Crippen LogP contribution is -2.20. The number of rotatable bonds is 3. The smallest absolute Gasteiger partial charge is 0.127 e. The first-order valence-corrected chi connectivity index (χ1v) is 5.93. The predicted octanol–water partition coefficient (Wildman–Crippen LogP) is 2.85. The van der Waals surface area contributed by atoms with Gasteiger partial charge in [0.2, 0.25) is 0 Å². The van der Waals surface area contributed by atoms with Crippen molar-refractivity contribution in [2.75, 3.05) is 13.1 Å². The van der Waals surface area contributed by atoms with Gasteiger partial charge in [0.15, 0.2) is 0 Å². The lowest BCUT2D eigenvalue weighted by atomic mass is 9.99. The van der Waals surface area contributed by atoms with Gasteiger partial charge in [0, 0.05) is 12.1 Å². The highest BCUT2D eigenvalue weighted by Crippen LogP contribution is 2.29. The average Bonchev–Trinajstić information content (AvgIpc) is 2.30. The molecule has 1 heterocycles. The summed E-state index contributed by atoms with van der Waals surface area (Å²) in [5.41, 5.74) is 2.65. The normalized spacial score (nSPS) is 16.1. The Balaban J connectivity index is 2.28. The zero-order chi connectivity index (χ0) is 11.4. The summed E-state index contributed by atoms with van der Waals surface area (Å²) < 4.78 is 5.84. The van der Waals surface area contributed by atoms with Crippen LogP contribution in [0.4, 0.5) is 0 Å². The molecule has 16 heavy (non-hydrogen) atoms. The molecule has 0 amide bonds. The molecular weight excluding hydrogens is 198 g/mol. The van der Waals surface area contributed by atoms with Crippen LogP contribution < -0.4 is 10.1 Å². The van der Waals surface area contributed by atoms with E-state index in [9.17, 15) is 0 Å². The second-order valence-electron chi connectivity index (χ2n) is 4.35. The molecular formula is C14H19NO. The molecule has 0 unspecified atom stereocenters. The minimum Gasteiger partial charge on any atom is -0.490 e. The van der Waals surface area contributed by atoms with Crippen LogP contribution in [0.2, 0.25) is 0 Å². The molecule has 0 aromatic heterocycles. The van der Waals surface area contributed by atoms with Crippen LogP contribution in [-0.2, 0) is 0 Å². The molecule has 0 saturated carbocycles. The molecule has 2 rings (SSSR count). The lowest BCUT2D eigenvalue weighted by Gasteiger charge is -2.19. The van der Waals surface area contributed by atoms with E-state index in [2.05, 4.69) is 43.4 Å². The first-order chi connectivity index (χ1) is 7.77. The number of hydrogen-bond acceptors (Lipinski definition) is 2. The molecule has 0 spiro atoms. The molecule has 2 nitrogen and oxygen atoms in total. The van der Waals surface area contributed by atoms with Crippen LogP contribution in [0.25, 0.3) is 5.57 Å². The quantitative estimate of drug-likeness (QED) is 0.840. The third kappa shape index (κ3) is 2.64. The van der Waals surface area contributed by atoms with E-state index in [0.717, 1.165) is 25.3 Å². The van der Waals surface area contributed by atoms with Crippen LogP contribution in [0.5, 0.6) is 5.75 Å². The van der Waals surface area contributed by atoms with Gasteiger partial charge in [-0.2, -0.15) is 0 Å². The summed E-state index contributed by atoms with van der Waals surface area (Å²) in [6, 6.07) is 8.31. The molecule has 0 saturated heterocycles. The SMILES string of the molecule is CC(C)Oc1ccccc1C1=CCNCC1. The molecule has 1 aliphatic rings. The van der Waals surface area contributed by atoms with Gasteiger partial charge in [0.05, 0.1) is 6.10 Å². The summed E-state index contributed by atoms with van der Waals surface area (Å²) in [5, 5.41) is 3.33. The zero-order valence-electron chi connectivity index (χ0n) is 9.99. The Morgan fingerprint density at radius 3 is 2.75 bits per heavy atom. The summed E-state index contributed by atoms with van der Waals surface area (Å²) in [7, 11) is 0. The number of ether oxygens (including phenoxy) is 1. The Labute approximate surface area is 97.3 Å². The van der Waals surface area contributed by atoms with Crippen molar-refractivity contribution in [3.05, 3.63) is 35.9 Å². The van der Waals surface area contributed by atoms with Crippen molar-refractivity contribution < 1.29 is 4.74 Å². The second kappa shape index (κ2) is 5.17. The summed E-state index contributed by atoms with van der Waals surface area (Å²) in [6.45, 7) is 6.15. The zero-order valence-corrected chi connectivity index (χ0v) is 9.99. The maximum atomic E-state index is 5.84. The molecule has 0 atom stereocenters. The Hall–Kier alpha value is -1.28. The molecule has 1 aliphatic heterocycles. The van der Waals surface area contributed by atoms with Gasteiger partial charge in [0.25, 0.3) is 0 Å². The van der Waals surface area contributed by atoms with Crippen LogP contribution in [0.1, 0.15) is 25.8 Å². The van der Waals surface area contributed by atoms with E-state index in [-0.39, 0.29) is 6.10 Å². The van der Waals surface area contributed by atoms with Crippen LogP contribution in [0, 0.1) is 0 Å². The van der Waals surface area contributed by atoms with Crippen molar-refractivity contribution in [3.63, 3.8) is 0 Å². The van der Waals surface area contributed by atoms with Crippen LogP contribution >= 0.6 is 0 Å². The molecule has 1 aromatic rings. The standard InChI is InChI=1S/C14H19NO/c1-11(2)16-14-6-4-3-5-13(14)12-7-9-15-10-8-12/h3-7,11,15H,8-10H2,1-2H3. The maximum Gasteiger partial charge on any atom is 0.127 e. The van der Waals surface area contributed by atoms with Crippen molar-refractivity contribution in [2.24, 2.45) is 0 Å². The first kappa shape index (κ1) is 11.2. The fraction of sp³-hybridized carbons (Fsp3) is 0.429. The van der Waals surface area contributed by atoms with E-state index in [1.165, 1.54) is 11.1 Å². The van der Waals surface area contributed by atoms with E-state index in [0.29, 0.717) is 0 Å². The molecule has 86 valence electrons. The van der Waals surface area contributed by atoms with E-state index in [1.54, 1.807) is 0 Å². The van der Waals surface area contributed by atoms with Gasteiger partial charge < -0.3 is 10.1 Å². The predicted molar refractivity (Wildman–Crippen MR) is 67.7 cm³/mol. The van der Waals surface area contributed by atoms with Gasteiger partial charge >= 0.3 is 0 Å². The third-order valence-corrected chi connectivity index (χ3v) is 2.66. The Morgan fingerprint density at radius 1 is 1.25 bits per heavy atom. The Morgan fingerprint density at radius 2 is 2.06 bits per heavy atom. The second-order valence-corrected chi connectivity index (χ2v) is 4.35. The van der Waals surface area contributed by atoms with Crippen molar-refractivity contribution in [1.82, 2.24) is 5.32 Å². The molecule has 0 bridgehead atoms. The third-order valence-electron chi connectivity index (χ3n) is 2.66. The van der Waals surface area contributed by atoms with Crippen molar-refractivity contribution >= 4 is 5.57 Å². The average molecular weight is 217 g/mol. The topological polar surface area (TPSA) is 21.3 Å². The van der Waals surface area contributed by atoms with E-state index in [1.807, 2.05) is 6.07 Å². The molecule has 0 aliphatic carbocycles. The van der Waals surface area contributed by atoms with Crippen molar-refractivity contribution in [2.45, 2.75) is 26.4 Å². The van der Waals surface area contributed by atoms with Crippen LogP contribution in [0.3, 0.4) is 0 Å². The van der Waals surface area contributed by atoms with Gasteiger partial charge in [-0.3, -0.25) is 0 Å². The van der Waals surface area contributed by atoms with Crippen LogP contribution in [-0.4, -0.2) is 19.2 Å². The molecule has 1 aromatic carbocycles. The Bertz CT molecular complexity index is 382. The summed E-state index contributed by atoms with van der Waals surface area (Å²) >= 11 is 0. The highest BCUT2D eigenvalue weighted by molar-refractivity contribution is 5.71. The fourth-order valence-corrected chi connectivity index (χ4v) is 1.96. The highest BCUT2D eigenvalue weighted by Gasteiger charge is 2.11. The number of hydrogen-bond donors (Lipinski definition) is 1. The van der Waals surface area contributed by atoms with Gasteiger partial charge in [-0.25, -0.2) is 0 Å². The number of benzene rings is 1. The van der Waals surface area contributed by atoms with Gasteiger partial charge in [0.1, 0.15) is 5.75 Å². The van der Waals surface area contributed by atoms with E-state index in [4.69, 9.17) is 4.74 Å². The molecule has 1 N–H and O–H groups in total.